The topological polar surface area (TPSA) is 12.0 Å². The van der Waals surface area contributed by atoms with E-state index in [1.807, 2.05) is 7.05 Å². The third-order valence-corrected chi connectivity index (χ3v) is 3.69. The van der Waals surface area contributed by atoms with Crippen LogP contribution < -0.4 is 5.32 Å². The van der Waals surface area contributed by atoms with Crippen molar-refractivity contribution in [3.8, 4) is 0 Å². The maximum atomic E-state index is 3.20. The minimum atomic E-state index is 0.983. The average molecular weight is 173 g/mol. The molecule has 1 atom stereocenters. The molecule has 0 radical (unpaired) electrons. The van der Waals surface area contributed by atoms with Gasteiger partial charge in [-0.2, -0.15) is 11.8 Å². The summed E-state index contributed by atoms with van der Waals surface area (Å²) >= 11 is 2.19. The second-order valence-corrected chi connectivity index (χ2v) is 4.64. The molecule has 0 aromatic heterocycles. The van der Waals surface area contributed by atoms with Gasteiger partial charge in [0.2, 0.25) is 0 Å². The molecule has 0 aromatic carbocycles. The van der Waals surface area contributed by atoms with Crippen LogP contribution in [0.5, 0.6) is 0 Å². The van der Waals surface area contributed by atoms with Crippen LogP contribution in [0.15, 0.2) is 0 Å². The van der Waals surface area contributed by atoms with Crippen LogP contribution in [-0.2, 0) is 0 Å². The zero-order valence-electron chi connectivity index (χ0n) is 7.44. The predicted molar refractivity (Wildman–Crippen MR) is 53.3 cm³/mol. The molecule has 1 heterocycles. The lowest BCUT2D eigenvalue weighted by molar-refractivity contribution is 0.592. The molecule has 2 heteroatoms. The Morgan fingerprint density at radius 2 is 2.36 bits per heavy atom. The summed E-state index contributed by atoms with van der Waals surface area (Å²) in [7, 11) is 2.04. The Labute approximate surface area is 74.3 Å². The van der Waals surface area contributed by atoms with Crippen molar-refractivity contribution >= 4 is 11.8 Å². The monoisotopic (exact) mass is 173 g/mol. The second-order valence-electron chi connectivity index (χ2n) is 3.23. The molecule has 1 rings (SSSR count). The maximum Gasteiger partial charge on any atom is 0.00475 e. The quantitative estimate of drug-likeness (QED) is 0.655. The van der Waals surface area contributed by atoms with Crippen LogP contribution in [-0.4, -0.2) is 24.6 Å². The van der Waals surface area contributed by atoms with E-state index in [9.17, 15) is 0 Å². The first-order valence-electron chi connectivity index (χ1n) is 4.69. The van der Waals surface area contributed by atoms with Crippen LogP contribution in [0.3, 0.4) is 0 Å². The number of hydrogen-bond acceptors (Lipinski definition) is 2. The van der Waals surface area contributed by atoms with E-state index in [-0.39, 0.29) is 0 Å². The molecule has 0 amide bonds. The maximum absolute atomic E-state index is 3.20. The van der Waals surface area contributed by atoms with Gasteiger partial charge in [0.05, 0.1) is 0 Å². The summed E-state index contributed by atoms with van der Waals surface area (Å²) in [6.07, 6.45) is 7.17. The number of nitrogens with one attached hydrogen (secondary N) is 1. The third kappa shape index (κ3) is 4.02. The van der Waals surface area contributed by atoms with Crippen LogP contribution >= 0.6 is 11.8 Å². The molecular formula is C9H19NS. The Hall–Kier alpha value is 0.310. The number of thioether (sulfide) groups is 1. The fourth-order valence-corrected chi connectivity index (χ4v) is 2.91. The molecular weight excluding hydrogens is 154 g/mol. The highest BCUT2D eigenvalue weighted by atomic mass is 32.2. The van der Waals surface area contributed by atoms with E-state index in [1.165, 1.54) is 44.4 Å². The highest BCUT2D eigenvalue weighted by molar-refractivity contribution is 7.99. The Morgan fingerprint density at radius 3 is 3.00 bits per heavy atom. The SMILES string of the molecule is CNCCCC1CCCCS1. The zero-order chi connectivity index (χ0) is 7.94. The fraction of sp³-hybridized carbons (Fsp3) is 1.00. The number of rotatable bonds is 4. The Kier molecular flexibility index (Phi) is 5.04. The molecule has 1 saturated heterocycles. The Morgan fingerprint density at radius 1 is 1.45 bits per heavy atom. The largest absolute Gasteiger partial charge is 0.320 e. The summed E-state index contributed by atoms with van der Waals surface area (Å²) in [6.45, 7) is 1.19. The van der Waals surface area contributed by atoms with Gasteiger partial charge >= 0.3 is 0 Å². The highest BCUT2D eigenvalue weighted by Gasteiger charge is 2.12. The fourth-order valence-electron chi connectivity index (χ4n) is 1.54. The van der Waals surface area contributed by atoms with Gasteiger partial charge in [0, 0.05) is 5.25 Å². The Balaban J connectivity index is 1.96. The van der Waals surface area contributed by atoms with Gasteiger partial charge in [-0.05, 0) is 45.0 Å². The summed E-state index contributed by atoms with van der Waals surface area (Å²) in [4.78, 5) is 0. The number of hydrogen-bond donors (Lipinski definition) is 1. The van der Waals surface area contributed by atoms with Gasteiger partial charge in [0.25, 0.3) is 0 Å². The standard InChI is InChI=1S/C9H19NS/c1-10-7-4-6-9-5-2-3-8-11-9/h9-10H,2-8H2,1H3. The zero-order valence-corrected chi connectivity index (χ0v) is 8.25. The van der Waals surface area contributed by atoms with Crippen LogP contribution in [0, 0.1) is 0 Å². The van der Waals surface area contributed by atoms with Gasteiger partial charge in [-0.25, -0.2) is 0 Å². The van der Waals surface area contributed by atoms with Gasteiger partial charge in [-0.15, -0.1) is 0 Å². The van der Waals surface area contributed by atoms with Crippen LogP contribution in [0.4, 0.5) is 0 Å². The first kappa shape index (κ1) is 9.40. The van der Waals surface area contributed by atoms with Gasteiger partial charge in [-0.3, -0.25) is 0 Å². The third-order valence-electron chi connectivity index (χ3n) is 2.23. The van der Waals surface area contributed by atoms with E-state index in [2.05, 4.69) is 17.1 Å². The molecule has 0 aliphatic carbocycles. The van der Waals surface area contributed by atoms with Crippen molar-refractivity contribution in [2.45, 2.75) is 37.4 Å². The first-order chi connectivity index (χ1) is 5.43. The van der Waals surface area contributed by atoms with Crippen LogP contribution in [0.1, 0.15) is 32.1 Å². The predicted octanol–water partition coefficient (Wildman–Crippen LogP) is 2.27. The summed E-state index contributed by atoms with van der Waals surface area (Å²) in [5.74, 6) is 1.41. The average Bonchev–Trinajstić information content (AvgIpc) is 2.07. The minimum Gasteiger partial charge on any atom is -0.320 e. The summed E-state index contributed by atoms with van der Waals surface area (Å²) < 4.78 is 0. The van der Waals surface area contributed by atoms with Crippen molar-refractivity contribution in [2.75, 3.05) is 19.3 Å². The molecule has 1 N–H and O–H groups in total. The van der Waals surface area contributed by atoms with E-state index in [0.29, 0.717) is 0 Å². The van der Waals surface area contributed by atoms with E-state index in [0.717, 1.165) is 5.25 Å². The summed E-state index contributed by atoms with van der Waals surface area (Å²) in [6, 6.07) is 0. The van der Waals surface area contributed by atoms with Gasteiger partial charge in [-0.1, -0.05) is 6.42 Å². The molecule has 0 saturated carbocycles. The van der Waals surface area contributed by atoms with Crippen molar-refractivity contribution in [3.63, 3.8) is 0 Å². The molecule has 0 spiro atoms. The van der Waals surface area contributed by atoms with Gasteiger partial charge in [0.15, 0.2) is 0 Å². The van der Waals surface area contributed by atoms with E-state index >= 15 is 0 Å². The molecule has 1 fully saturated rings. The minimum absolute atomic E-state index is 0.983. The van der Waals surface area contributed by atoms with Gasteiger partial charge < -0.3 is 5.32 Å². The smallest absolute Gasteiger partial charge is 0.00475 e. The highest BCUT2D eigenvalue weighted by Crippen LogP contribution is 2.27. The van der Waals surface area contributed by atoms with Crippen molar-refractivity contribution in [1.82, 2.24) is 5.32 Å². The van der Waals surface area contributed by atoms with Crippen molar-refractivity contribution in [1.29, 1.82) is 0 Å². The molecule has 1 nitrogen and oxygen atoms in total. The molecule has 1 aliphatic rings. The molecule has 0 bridgehead atoms. The molecule has 1 unspecified atom stereocenters. The second kappa shape index (κ2) is 5.90. The summed E-state index contributed by atoms with van der Waals surface area (Å²) in [5.41, 5.74) is 0. The normalized spacial score (nSPS) is 25.4. The molecule has 11 heavy (non-hydrogen) atoms. The van der Waals surface area contributed by atoms with Crippen molar-refractivity contribution < 1.29 is 0 Å². The van der Waals surface area contributed by atoms with Crippen LogP contribution in [0.25, 0.3) is 0 Å². The molecule has 66 valence electrons. The molecule has 0 aromatic rings. The Bertz CT molecular complexity index is 89.6. The molecule has 1 aliphatic heterocycles. The van der Waals surface area contributed by atoms with Gasteiger partial charge in [0.1, 0.15) is 0 Å². The van der Waals surface area contributed by atoms with E-state index in [1.54, 1.807) is 0 Å². The van der Waals surface area contributed by atoms with E-state index < -0.39 is 0 Å². The van der Waals surface area contributed by atoms with Crippen molar-refractivity contribution in [3.05, 3.63) is 0 Å². The summed E-state index contributed by atoms with van der Waals surface area (Å²) in [5, 5.41) is 4.18. The first-order valence-corrected chi connectivity index (χ1v) is 5.74. The van der Waals surface area contributed by atoms with Crippen molar-refractivity contribution in [2.24, 2.45) is 0 Å². The van der Waals surface area contributed by atoms with Crippen LogP contribution in [0.2, 0.25) is 0 Å². The lowest BCUT2D eigenvalue weighted by Crippen LogP contribution is -2.13. The lowest BCUT2D eigenvalue weighted by atomic mass is 10.1. The lowest BCUT2D eigenvalue weighted by Gasteiger charge is -2.20. The van der Waals surface area contributed by atoms with E-state index in [4.69, 9.17) is 0 Å².